The maximum absolute atomic E-state index is 12.4. The lowest BCUT2D eigenvalue weighted by molar-refractivity contribution is -0.127. The molecule has 1 aliphatic heterocycles. The first-order valence-electron chi connectivity index (χ1n) is 12.4. The van der Waals surface area contributed by atoms with Crippen molar-refractivity contribution in [1.82, 2.24) is 15.4 Å². The van der Waals surface area contributed by atoms with Gasteiger partial charge in [0, 0.05) is 50.4 Å². The van der Waals surface area contributed by atoms with Crippen molar-refractivity contribution in [1.29, 1.82) is 0 Å². The predicted octanol–water partition coefficient (Wildman–Crippen LogP) is 4.51. The summed E-state index contributed by atoms with van der Waals surface area (Å²) < 4.78 is 5.69. The minimum absolute atomic E-state index is 0.0165. The second kappa shape index (κ2) is 9.49. The Morgan fingerprint density at radius 3 is 2.48 bits per heavy atom. The zero-order valence-electron chi connectivity index (χ0n) is 20.9. The van der Waals surface area contributed by atoms with Gasteiger partial charge in [0.05, 0.1) is 12.2 Å². The van der Waals surface area contributed by atoms with Crippen LogP contribution in [0.4, 0.5) is 5.69 Å². The van der Waals surface area contributed by atoms with Crippen molar-refractivity contribution >= 4 is 11.6 Å². The molecule has 2 atom stereocenters. The smallest absolute Gasteiger partial charge is 0.220 e. The van der Waals surface area contributed by atoms with Gasteiger partial charge in [-0.3, -0.25) is 9.69 Å². The number of nitrogens with zero attached hydrogens (tertiary/aromatic N) is 3. The third-order valence-corrected chi connectivity index (χ3v) is 7.43. The molecular formula is C27H40N4O2. The normalized spacial score (nSPS) is 23.2. The van der Waals surface area contributed by atoms with Crippen molar-refractivity contribution in [3.05, 3.63) is 47.9 Å². The zero-order valence-corrected chi connectivity index (χ0v) is 20.9. The SMILES string of the molecule is CC(C)(C)CC(=O)NC1CC(Cc2cc(CN3CCN(c4ccccc4)CC3)on2)C1(C)C. The molecule has 33 heavy (non-hydrogen) atoms. The molecule has 1 saturated carbocycles. The Balaban J connectivity index is 1.23. The lowest BCUT2D eigenvalue weighted by atomic mass is 9.57. The second-order valence-electron chi connectivity index (χ2n) is 11.7. The lowest BCUT2D eigenvalue weighted by Gasteiger charge is -2.52. The zero-order chi connectivity index (χ0) is 23.6. The first-order chi connectivity index (χ1) is 15.6. The first kappa shape index (κ1) is 23.8. The molecule has 2 heterocycles. The molecule has 6 nitrogen and oxygen atoms in total. The van der Waals surface area contributed by atoms with Gasteiger partial charge in [-0.1, -0.05) is 58.0 Å². The number of para-hydroxylation sites is 1. The van der Waals surface area contributed by atoms with E-state index < -0.39 is 0 Å². The van der Waals surface area contributed by atoms with Crippen LogP contribution in [0, 0.1) is 16.7 Å². The van der Waals surface area contributed by atoms with Crippen molar-refractivity contribution < 1.29 is 9.32 Å². The minimum Gasteiger partial charge on any atom is -0.369 e. The van der Waals surface area contributed by atoms with Crippen LogP contribution in [0.2, 0.25) is 0 Å². The molecule has 6 heteroatoms. The van der Waals surface area contributed by atoms with Gasteiger partial charge in [-0.05, 0) is 41.7 Å². The number of hydrogen-bond donors (Lipinski definition) is 1. The monoisotopic (exact) mass is 452 g/mol. The van der Waals surface area contributed by atoms with E-state index in [1.165, 1.54) is 5.69 Å². The summed E-state index contributed by atoms with van der Waals surface area (Å²) in [6, 6.07) is 13.0. The van der Waals surface area contributed by atoms with Gasteiger partial charge in [-0.2, -0.15) is 0 Å². The lowest BCUT2D eigenvalue weighted by Crippen LogP contribution is -2.59. The summed E-state index contributed by atoms with van der Waals surface area (Å²) in [6.07, 6.45) is 2.48. The summed E-state index contributed by atoms with van der Waals surface area (Å²) in [5, 5.41) is 7.63. The van der Waals surface area contributed by atoms with E-state index in [1.54, 1.807) is 0 Å². The highest BCUT2D eigenvalue weighted by molar-refractivity contribution is 5.77. The summed E-state index contributed by atoms with van der Waals surface area (Å²) >= 11 is 0. The average molecular weight is 453 g/mol. The second-order valence-corrected chi connectivity index (χ2v) is 11.7. The molecule has 1 aromatic carbocycles. The quantitative estimate of drug-likeness (QED) is 0.670. The molecule has 1 amide bonds. The number of anilines is 1. The molecule has 1 aliphatic carbocycles. The van der Waals surface area contributed by atoms with E-state index in [0.29, 0.717) is 12.3 Å². The predicted molar refractivity (Wildman–Crippen MR) is 132 cm³/mol. The molecule has 2 unspecified atom stereocenters. The largest absolute Gasteiger partial charge is 0.369 e. The van der Waals surface area contributed by atoms with Gasteiger partial charge in [0.15, 0.2) is 5.76 Å². The van der Waals surface area contributed by atoms with Crippen molar-refractivity contribution in [2.24, 2.45) is 16.7 Å². The molecule has 0 spiro atoms. The highest BCUT2D eigenvalue weighted by Crippen LogP contribution is 2.48. The van der Waals surface area contributed by atoms with E-state index >= 15 is 0 Å². The van der Waals surface area contributed by atoms with Crippen molar-refractivity contribution in [2.75, 3.05) is 31.1 Å². The van der Waals surface area contributed by atoms with Crippen LogP contribution in [0.25, 0.3) is 0 Å². The van der Waals surface area contributed by atoms with E-state index in [4.69, 9.17) is 4.52 Å². The van der Waals surface area contributed by atoms with Crippen LogP contribution in [0.3, 0.4) is 0 Å². The van der Waals surface area contributed by atoms with E-state index in [0.717, 1.165) is 57.0 Å². The van der Waals surface area contributed by atoms with Crippen LogP contribution in [-0.2, 0) is 17.8 Å². The fourth-order valence-electron chi connectivity index (χ4n) is 5.14. The van der Waals surface area contributed by atoms with Crippen molar-refractivity contribution in [3.8, 4) is 0 Å². The van der Waals surface area contributed by atoms with Gasteiger partial charge in [-0.15, -0.1) is 0 Å². The number of aromatic nitrogens is 1. The number of amides is 1. The molecular weight excluding hydrogens is 412 g/mol. The molecule has 4 rings (SSSR count). The molecule has 2 fully saturated rings. The summed E-state index contributed by atoms with van der Waals surface area (Å²) in [7, 11) is 0. The molecule has 180 valence electrons. The summed E-state index contributed by atoms with van der Waals surface area (Å²) in [5.74, 6) is 1.62. The van der Waals surface area contributed by atoms with Crippen LogP contribution < -0.4 is 10.2 Å². The number of rotatable bonds is 7. The van der Waals surface area contributed by atoms with Gasteiger partial charge in [-0.25, -0.2) is 0 Å². The number of carbonyl (C=O) groups is 1. The Hall–Kier alpha value is -2.34. The van der Waals surface area contributed by atoms with Gasteiger partial charge in [0.25, 0.3) is 0 Å². The molecule has 1 N–H and O–H groups in total. The fraction of sp³-hybridized carbons (Fsp3) is 0.630. The number of carbonyl (C=O) groups excluding carboxylic acids is 1. The van der Waals surface area contributed by atoms with Crippen molar-refractivity contribution in [3.63, 3.8) is 0 Å². The first-order valence-corrected chi connectivity index (χ1v) is 12.4. The van der Waals surface area contributed by atoms with Crippen LogP contribution in [0.5, 0.6) is 0 Å². The molecule has 0 radical (unpaired) electrons. The van der Waals surface area contributed by atoms with Gasteiger partial charge < -0.3 is 14.7 Å². The molecule has 1 saturated heterocycles. The van der Waals surface area contributed by atoms with Crippen molar-refractivity contribution in [2.45, 2.75) is 66.5 Å². The number of hydrogen-bond acceptors (Lipinski definition) is 5. The Morgan fingerprint density at radius 1 is 1.15 bits per heavy atom. The van der Waals surface area contributed by atoms with Crippen LogP contribution in [0.1, 0.15) is 58.9 Å². The Labute approximate surface area is 198 Å². The summed E-state index contributed by atoms with van der Waals surface area (Å²) in [6.45, 7) is 15.8. The standard InChI is InChI=1S/C27H40N4O2/c1-26(2,3)18-25(32)28-24-16-20(27(24,4)5)15-21-17-23(33-29-21)19-30-11-13-31(14-12-30)22-9-7-6-8-10-22/h6-10,17,20,24H,11-16,18-19H2,1-5H3,(H,28,32). The summed E-state index contributed by atoms with van der Waals surface area (Å²) in [4.78, 5) is 17.2. The van der Waals surface area contributed by atoms with Crippen LogP contribution >= 0.6 is 0 Å². The van der Waals surface area contributed by atoms with Crippen LogP contribution in [0.15, 0.2) is 40.9 Å². The van der Waals surface area contributed by atoms with Gasteiger partial charge in [0.2, 0.25) is 5.91 Å². The minimum atomic E-state index is 0.0165. The van der Waals surface area contributed by atoms with E-state index in [2.05, 4.69) is 91.3 Å². The Morgan fingerprint density at radius 2 is 1.85 bits per heavy atom. The molecule has 1 aromatic heterocycles. The average Bonchev–Trinajstić information content (AvgIpc) is 3.20. The highest BCUT2D eigenvalue weighted by atomic mass is 16.5. The maximum Gasteiger partial charge on any atom is 0.220 e. The third-order valence-electron chi connectivity index (χ3n) is 7.43. The maximum atomic E-state index is 12.4. The van der Waals surface area contributed by atoms with Crippen LogP contribution in [-0.4, -0.2) is 48.2 Å². The fourth-order valence-corrected chi connectivity index (χ4v) is 5.14. The summed E-state index contributed by atoms with van der Waals surface area (Å²) in [5.41, 5.74) is 2.42. The van der Waals surface area contributed by atoms with E-state index in [9.17, 15) is 4.79 Å². The highest BCUT2D eigenvalue weighted by Gasteiger charge is 2.48. The molecule has 0 bridgehead atoms. The Kier molecular flexibility index (Phi) is 6.85. The van der Waals surface area contributed by atoms with E-state index in [1.807, 2.05) is 0 Å². The number of benzene rings is 1. The third kappa shape index (κ3) is 5.97. The van der Waals surface area contributed by atoms with Gasteiger partial charge >= 0.3 is 0 Å². The number of piperazine rings is 1. The number of nitrogens with one attached hydrogen (secondary N) is 1. The van der Waals surface area contributed by atoms with Gasteiger partial charge in [0.1, 0.15) is 0 Å². The molecule has 2 aliphatic rings. The molecule has 2 aromatic rings. The van der Waals surface area contributed by atoms with E-state index in [-0.39, 0.29) is 22.8 Å². The topological polar surface area (TPSA) is 61.6 Å². The Bertz CT molecular complexity index is 923.